The van der Waals surface area contributed by atoms with Crippen molar-refractivity contribution in [1.82, 2.24) is 0 Å². The molecule has 0 aromatic heterocycles. The number of fused-ring (bicyclic) bond motifs is 1. The van der Waals surface area contributed by atoms with E-state index < -0.39 is 0 Å². The van der Waals surface area contributed by atoms with Crippen LogP contribution in [0.3, 0.4) is 0 Å². The molecule has 1 aliphatic heterocycles. The molecule has 56 valence electrons. The van der Waals surface area contributed by atoms with Crippen molar-refractivity contribution in [1.29, 1.82) is 0 Å². The Bertz CT molecular complexity index is 310. The molecule has 1 saturated carbocycles. The largest absolute Gasteiger partial charge is 0.261 e. The Morgan fingerprint density at radius 1 is 1.55 bits per heavy atom. The third kappa shape index (κ3) is 0.747. The minimum atomic E-state index is -0.209. The van der Waals surface area contributed by atoms with Gasteiger partial charge in [0, 0.05) is 23.4 Å². The summed E-state index contributed by atoms with van der Waals surface area (Å²) in [7, 11) is 0. The third-order valence-corrected chi connectivity index (χ3v) is 2.89. The first-order valence-electron chi connectivity index (χ1n) is 3.98. The zero-order valence-corrected chi connectivity index (χ0v) is 6.80. The molecule has 3 aliphatic rings. The molecule has 1 atom stereocenters. The second-order valence-electron chi connectivity index (χ2n) is 3.43. The second-order valence-corrected chi connectivity index (χ2v) is 4.06. The first kappa shape index (κ1) is 6.01. The van der Waals surface area contributed by atoms with Crippen molar-refractivity contribution in [2.75, 3.05) is 0 Å². The van der Waals surface area contributed by atoms with Gasteiger partial charge in [-0.05, 0) is 25.0 Å². The van der Waals surface area contributed by atoms with E-state index in [9.17, 15) is 0 Å². The van der Waals surface area contributed by atoms with Crippen molar-refractivity contribution in [3.63, 3.8) is 0 Å². The van der Waals surface area contributed by atoms with Crippen LogP contribution in [0.25, 0.3) is 0 Å². The summed E-state index contributed by atoms with van der Waals surface area (Å²) in [6.45, 7) is 0. The maximum atomic E-state index is 6.15. The highest BCUT2D eigenvalue weighted by Crippen LogP contribution is 2.50. The maximum Gasteiger partial charge on any atom is 0.110 e. The van der Waals surface area contributed by atoms with Crippen LogP contribution in [0, 0.1) is 5.92 Å². The van der Waals surface area contributed by atoms with Crippen LogP contribution in [0.1, 0.15) is 12.8 Å². The Hall–Kier alpha value is -0.560. The standard InChI is InChI=1S/C9H8ClN/c10-9-3-4-11-8(6-1-2-6)7(9)5-9/h3-6H,1-2H2/t9-/m1/s1. The number of nitrogens with zero attached hydrogens (tertiary/aromatic N) is 1. The fourth-order valence-electron chi connectivity index (χ4n) is 1.56. The minimum absolute atomic E-state index is 0.209. The molecule has 0 aromatic carbocycles. The van der Waals surface area contributed by atoms with Crippen LogP contribution in [0.4, 0.5) is 0 Å². The van der Waals surface area contributed by atoms with Gasteiger partial charge in [-0.3, -0.25) is 4.99 Å². The highest BCUT2D eigenvalue weighted by atomic mass is 35.5. The first-order valence-corrected chi connectivity index (χ1v) is 4.35. The van der Waals surface area contributed by atoms with Gasteiger partial charge in [-0.2, -0.15) is 0 Å². The maximum absolute atomic E-state index is 6.15. The van der Waals surface area contributed by atoms with Crippen molar-refractivity contribution in [2.24, 2.45) is 10.9 Å². The lowest BCUT2D eigenvalue weighted by Gasteiger charge is -2.09. The van der Waals surface area contributed by atoms with Gasteiger partial charge in [0.2, 0.25) is 0 Å². The number of hydrogen-bond donors (Lipinski definition) is 0. The van der Waals surface area contributed by atoms with Crippen LogP contribution >= 0.6 is 11.6 Å². The van der Waals surface area contributed by atoms with Gasteiger partial charge in [0.1, 0.15) is 4.87 Å². The molecule has 3 rings (SSSR count). The molecule has 1 heterocycles. The van der Waals surface area contributed by atoms with Gasteiger partial charge in [0.05, 0.1) is 0 Å². The van der Waals surface area contributed by atoms with Gasteiger partial charge in [0.15, 0.2) is 0 Å². The summed E-state index contributed by atoms with van der Waals surface area (Å²) >= 11 is 6.15. The molecule has 0 N–H and O–H groups in total. The molecule has 0 spiro atoms. The number of aliphatic imine (C=N–C) groups is 1. The third-order valence-electron chi connectivity index (χ3n) is 2.45. The number of allylic oxidation sites excluding steroid dienone is 3. The molecular formula is C9H8ClN. The average Bonchev–Trinajstić information content (AvgIpc) is 2.78. The number of alkyl halides is 1. The van der Waals surface area contributed by atoms with Crippen molar-refractivity contribution in [2.45, 2.75) is 17.7 Å². The Morgan fingerprint density at radius 2 is 2.36 bits per heavy atom. The Kier molecular flexibility index (Phi) is 0.880. The lowest BCUT2D eigenvalue weighted by Crippen LogP contribution is -2.11. The summed E-state index contributed by atoms with van der Waals surface area (Å²) in [4.78, 5) is 4.13. The predicted octanol–water partition coefficient (Wildman–Crippen LogP) is 2.28. The van der Waals surface area contributed by atoms with Crippen LogP contribution < -0.4 is 0 Å². The molecule has 0 bridgehead atoms. The van der Waals surface area contributed by atoms with E-state index >= 15 is 0 Å². The molecule has 11 heavy (non-hydrogen) atoms. The van der Waals surface area contributed by atoms with Crippen molar-refractivity contribution in [3.05, 3.63) is 23.9 Å². The molecular weight excluding hydrogens is 158 g/mol. The van der Waals surface area contributed by atoms with E-state index in [1.165, 1.54) is 24.1 Å². The molecule has 0 aromatic rings. The van der Waals surface area contributed by atoms with Crippen LogP contribution in [-0.2, 0) is 0 Å². The van der Waals surface area contributed by atoms with E-state index in [4.69, 9.17) is 11.6 Å². The summed E-state index contributed by atoms with van der Waals surface area (Å²) < 4.78 is 0. The van der Waals surface area contributed by atoms with Gasteiger partial charge in [-0.25, -0.2) is 0 Å². The zero-order chi connectivity index (χ0) is 7.47. The molecule has 1 nitrogen and oxygen atoms in total. The van der Waals surface area contributed by atoms with Crippen molar-refractivity contribution < 1.29 is 0 Å². The number of hydrogen-bond acceptors (Lipinski definition) is 1. The Balaban J connectivity index is 1.99. The Morgan fingerprint density at radius 3 is 3.09 bits per heavy atom. The van der Waals surface area contributed by atoms with E-state index in [0.29, 0.717) is 0 Å². The number of halogens is 1. The average molecular weight is 166 g/mol. The van der Waals surface area contributed by atoms with Crippen LogP contribution in [0.15, 0.2) is 28.9 Å². The van der Waals surface area contributed by atoms with Gasteiger partial charge in [0.25, 0.3) is 0 Å². The molecule has 0 amide bonds. The fraction of sp³-hybridized carbons (Fsp3) is 0.444. The van der Waals surface area contributed by atoms with E-state index in [-0.39, 0.29) is 4.87 Å². The highest BCUT2D eigenvalue weighted by molar-refractivity contribution is 6.38. The van der Waals surface area contributed by atoms with Crippen LogP contribution in [0.2, 0.25) is 0 Å². The summed E-state index contributed by atoms with van der Waals surface area (Å²) in [5.74, 6) is 0.729. The quantitative estimate of drug-likeness (QED) is 0.529. The van der Waals surface area contributed by atoms with E-state index in [0.717, 1.165) is 5.92 Å². The van der Waals surface area contributed by atoms with E-state index in [1.54, 1.807) is 0 Å². The summed E-state index contributed by atoms with van der Waals surface area (Å²) in [5, 5.41) is 0. The lowest BCUT2D eigenvalue weighted by atomic mass is 10.1. The summed E-state index contributed by atoms with van der Waals surface area (Å²) in [6.07, 6.45) is 8.49. The van der Waals surface area contributed by atoms with Gasteiger partial charge < -0.3 is 0 Å². The second kappa shape index (κ2) is 1.61. The predicted molar refractivity (Wildman–Crippen MR) is 46.0 cm³/mol. The topological polar surface area (TPSA) is 12.4 Å². The zero-order valence-electron chi connectivity index (χ0n) is 6.05. The molecule has 2 aliphatic carbocycles. The van der Waals surface area contributed by atoms with Gasteiger partial charge in [-0.1, -0.05) is 0 Å². The SMILES string of the molecule is Cl[C@@]12C=CN=C(C3CC3)C1=C2. The first-order chi connectivity index (χ1) is 5.30. The van der Waals surface area contributed by atoms with Crippen molar-refractivity contribution >= 4 is 17.3 Å². The summed E-state index contributed by atoms with van der Waals surface area (Å²) in [6, 6.07) is 0. The minimum Gasteiger partial charge on any atom is -0.261 e. The van der Waals surface area contributed by atoms with E-state index in [2.05, 4.69) is 11.1 Å². The molecule has 0 unspecified atom stereocenters. The molecule has 0 saturated heterocycles. The van der Waals surface area contributed by atoms with Gasteiger partial charge >= 0.3 is 0 Å². The van der Waals surface area contributed by atoms with E-state index in [1.807, 2.05) is 12.3 Å². The van der Waals surface area contributed by atoms with Crippen LogP contribution in [0.5, 0.6) is 0 Å². The molecule has 1 fully saturated rings. The van der Waals surface area contributed by atoms with Gasteiger partial charge in [-0.15, -0.1) is 11.6 Å². The number of rotatable bonds is 1. The Labute approximate surface area is 70.5 Å². The summed E-state index contributed by atoms with van der Waals surface area (Å²) in [5.41, 5.74) is 2.52. The monoisotopic (exact) mass is 165 g/mol. The lowest BCUT2D eigenvalue weighted by molar-refractivity contribution is 1.12. The fourth-order valence-corrected chi connectivity index (χ4v) is 1.82. The highest BCUT2D eigenvalue weighted by Gasteiger charge is 2.47. The van der Waals surface area contributed by atoms with Crippen LogP contribution in [-0.4, -0.2) is 10.6 Å². The van der Waals surface area contributed by atoms with Crippen molar-refractivity contribution in [3.8, 4) is 0 Å². The smallest absolute Gasteiger partial charge is 0.110 e. The normalized spacial score (nSPS) is 39.4. The molecule has 0 radical (unpaired) electrons. The molecule has 2 heteroatoms.